The van der Waals surface area contributed by atoms with Gasteiger partial charge < -0.3 is 9.30 Å². The molecule has 0 radical (unpaired) electrons. The summed E-state index contributed by atoms with van der Waals surface area (Å²) in [6.45, 7) is 9.00. The third kappa shape index (κ3) is 2.92. The Morgan fingerprint density at radius 3 is 2.44 bits per heavy atom. The van der Waals surface area contributed by atoms with E-state index in [-0.39, 0.29) is 0 Å². The molecule has 1 aromatic carbocycles. The summed E-state index contributed by atoms with van der Waals surface area (Å²) < 4.78 is 7.97. The number of hydrogen-bond donors (Lipinski definition) is 0. The third-order valence-corrected chi connectivity index (χ3v) is 2.88. The smallest absolute Gasteiger partial charge is 0.130 e. The van der Waals surface area contributed by atoms with Gasteiger partial charge in [-0.15, -0.1) is 0 Å². The summed E-state index contributed by atoms with van der Waals surface area (Å²) in [6.07, 6.45) is 3.72. The molecular formula is C15H20N2O. The molecule has 0 saturated carbocycles. The number of ether oxygens (including phenoxy) is 1. The van der Waals surface area contributed by atoms with Gasteiger partial charge in [0, 0.05) is 6.04 Å². The Labute approximate surface area is 108 Å². The van der Waals surface area contributed by atoms with E-state index >= 15 is 0 Å². The molecule has 1 heterocycles. The summed E-state index contributed by atoms with van der Waals surface area (Å²) in [5, 5.41) is 0. The highest BCUT2D eigenvalue weighted by Crippen LogP contribution is 2.18. The van der Waals surface area contributed by atoms with Crippen LogP contribution < -0.4 is 4.74 Å². The highest BCUT2D eigenvalue weighted by atomic mass is 16.5. The molecule has 0 atom stereocenters. The highest BCUT2D eigenvalue weighted by Gasteiger charge is 2.06. The van der Waals surface area contributed by atoms with Crippen LogP contribution in [-0.2, 0) is 6.61 Å². The van der Waals surface area contributed by atoms with Gasteiger partial charge >= 0.3 is 0 Å². The molecule has 2 aromatic rings. The molecule has 0 fully saturated rings. The van der Waals surface area contributed by atoms with Gasteiger partial charge in [-0.05, 0) is 51.0 Å². The maximum absolute atomic E-state index is 5.84. The van der Waals surface area contributed by atoms with Crippen LogP contribution in [0, 0.1) is 13.8 Å². The summed E-state index contributed by atoms with van der Waals surface area (Å²) in [6, 6.07) is 6.67. The lowest BCUT2D eigenvalue weighted by molar-refractivity contribution is 0.291. The molecule has 0 N–H and O–H groups in total. The fourth-order valence-corrected chi connectivity index (χ4v) is 2.08. The number of rotatable bonds is 4. The van der Waals surface area contributed by atoms with Crippen molar-refractivity contribution in [2.75, 3.05) is 0 Å². The second-order valence-electron chi connectivity index (χ2n) is 5.00. The quantitative estimate of drug-likeness (QED) is 0.820. The SMILES string of the molecule is Cc1cc(C)cc(OCc2cncn2C(C)C)c1. The summed E-state index contributed by atoms with van der Waals surface area (Å²) in [5.74, 6) is 0.920. The van der Waals surface area contributed by atoms with Crippen molar-refractivity contribution < 1.29 is 4.74 Å². The zero-order valence-electron chi connectivity index (χ0n) is 11.5. The standard InChI is InChI=1S/C15H20N2O/c1-11(2)17-10-16-8-14(17)9-18-15-6-12(3)5-13(4)7-15/h5-8,10-11H,9H2,1-4H3. The lowest BCUT2D eigenvalue weighted by atomic mass is 10.1. The number of aryl methyl sites for hydroxylation is 2. The van der Waals surface area contributed by atoms with Crippen molar-refractivity contribution in [2.45, 2.75) is 40.3 Å². The second-order valence-corrected chi connectivity index (χ2v) is 5.00. The van der Waals surface area contributed by atoms with Crippen molar-refractivity contribution in [2.24, 2.45) is 0 Å². The van der Waals surface area contributed by atoms with Crippen LogP contribution in [0.2, 0.25) is 0 Å². The van der Waals surface area contributed by atoms with Crippen LogP contribution in [0.3, 0.4) is 0 Å². The van der Waals surface area contributed by atoms with Gasteiger partial charge in [0.2, 0.25) is 0 Å². The van der Waals surface area contributed by atoms with E-state index in [1.165, 1.54) is 11.1 Å². The fraction of sp³-hybridized carbons (Fsp3) is 0.400. The number of aromatic nitrogens is 2. The Bertz CT molecular complexity index is 509. The van der Waals surface area contributed by atoms with E-state index < -0.39 is 0 Å². The summed E-state index contributed by atoms with van der Waals surface area (Å²) in [7, 11) is 0. The molecule has 0 aliphatic heterocycles. The molecule has 0 aliphatic carbocycles. The second kappa shape index (κ2) is 5.25. The van der Waals surface area contributed by atoms with E-state index in [2.05, 4.69) is 55.4 Å². The van der Waals surface area contributed by atoms with Gasteiger partial charge in [0.25, 0.3) is 0 Å². The lowest BCUT2D eigenvalue weighted by Gasteiger charge is -2.13. The van der Waals surface area contributed by atoms with Gasteiger partial charge in [0.15, 0.2) is 0 Å². The minimum atomic E-state index is 0.408. The average molecular weight is 244 g/mol. The molecule has 96 valence electrons. The van der Waals surface area contributed by atoms with Crippen LogP contribution in [0.1, 0.15) is 36.7 Å². The lowest BCUT2D eigenvalue weighted by Crippen LogP contribution is -2.07. The van der Waals surface area contributed by atoms with Crippen LogP contribution in [0.5, 0.6) is 5.75 Å². The van der Waals surface area contributed by atoms with E-state index in [4.69, 9.17) is 4.74 Å². The van der Waals surface area contributed by atoms with Crippen molar-refractivity contribution >= 4 is 0 Å². The van der Waals surface area contributed by atoms with Gasteiger partial charge in [-0.25, -0.2) is 4.98 Å². The molecule has 0 spiro atoms. The molecule has 0 amide bonds. The fourth-order valence-electron chi connectivity index (χ4n) is 2.08. The predicted octanol–water partition coefficient (Wildman–Crippen LogP) is 3.66. The Morgan fingerprint density at radius 2 is 1.83 bits per heavy atom. The molecule has 3 nitrogen and oxygen atoms in total. The Kier molecular flexibility index (Phi) is 3.70. The topological polar surface area (TPSA) is 27.1 Å². The average Bonchev–Trinajstić information content (AvgIpc) is 2.73. The minimum absolute atomic E-state index is 0.408. The van der Waals surface area contributed by atoms with Crippen LogP contribution in [-0.4, -0.2) is 9.55 Å². The van der Waals surface area contributed by atoms with Crippen molar-refractivity contribution in [1.82, 2.24) is 9.55 Å². The van der Waals surface area contributed by atoms with Crippen molar-refractivity contribution in [3.05, 3.63) is 47.5 Å². The van der Waals surface area contributed by atoms with E-state index in [9.17, 15) is 0 Å². The number of benzene rings is 1. The molecule has 0 bridgehead atoms. The normalized spacial score (nSPS) is 10.9. The zero-order chi connectivity index (χ0) is 13.1. The van der Waals surface area contributed by atoms with Gasteiger partial charge in [0.1, 0.15) is 12.4 Å². The van der Waals surface area contributed by atoms with Gasteiger partial charge in [-0.2, -0.15) is 0 Å². The third-order valence-electron chi connectivity index (χ3n) is 2.88. The first-order chi connectivity index (χ1) is 8.56. The monoisotopic (exact) mass is 244 g/mol. The van der Waals surface area contributed by atoms with Gasteiger partial charge in [-0.3, -0.25) is 0 Å². The van der Waals surface area contributed by atoms with Crippen LogP contribution >= 0.6 is 0 Å². The van der Waals surface area contributed by atoms with E-state index in [0.717, 1.165) is 11.4 Å². The first-order valence-electron chi connectivity index (χ1n) is 6.28. The van der Waals surface area contributed by atoms with Crippen molar-refractivity contribution in [3.63, 3.8) is 0 Å². The number of hydrogen-bond acceptors (Lipinski definition) is 2. The Hall–Kier alpha value is -1.77. The molecule has 2 rings (SSSR count). The van der Waals surface area contributed by atoms with Crippen molar-refractivity contribution in [3.8, 4) is 5.75 Å². The number of imidazole rings is 1. The minimum Gasteiger partial charge on any atom is -0.487 e. The molecule has 0 unspecified atom stereocenters. The van der Waals surface area contributed by atoms with Crippen molar-refractivity contribution in [1.29, 1.82) is 0 Å². The largest absolute Gasteiger partial charge is 0.487 e. The Balaban J connectivity index is 2.09. The van der Waals surface area contributed by atoms with Crippen LogP contribution in [0.4, 0.5) is 0 Å². The maximum atomic E-state index is 5.84. The van der Waals surface area contributed by atoms with E-state index in [1.54, 1.807) is 0 Å². The summed E-state index contributed by atoms with van der Waals surface area (Å²) in [4.78, 5) is 4.17. The number of nitrogens with zero attached hydrogens (tertiary/aromatic N) is 2. The highest BCUT2D eigenvalue weighted by molar-refractivity contribution is 5.33. The first kappa shape index (κ1) is 12.7. The Morgan fingerprint density at radius 1 is 1.17 bits per heavy atom. The summed E-state index contributed by atoms with van der Waals surface area (Å²) >= 11 is 0. The molecule has 0 saturated heterocycles. The van der Waals surface area contributed by atoms with E-state index in [0.29, 0.717) is 12.6 Å². The molecule has 0 aliphatic rings. The van der Waals surface area contributed by atoms with Gasteiger partial charge in [-0.1, -0.05) is 6.07 Å². The molecular weight excluding hydrogens is 224 g/mol. The van der Waals surface area contributed by atoms with E-state index in [1.807, 2.05) is 12.5 Å². The zero-order valence-corrected chi connectivity index (χ0v) is 11.5. The van der Waals surface area contributed by atoms with Gasteiger partial charge in [0.05, 0.1) is 18.2 Å². The maximum Gasteiger partial charge on any atom is 0.130 e. The summed E-state index contributed by atoms with van der Waals surface area (Å²) in [5.41, 5.74) is 3.55. The predicted molar refractivity (Wildman–Crippen MR) is 72.9 cm³/mol. The first-order valence-corrected chi connectivity index (χ1v) is 6.28. The molecule has 18 heavy (non-hydrogen) atoms. The molecule has 3 heteroatoms. The van der Waals surface area contributed by atoms with Crippen LogP contribution in [0.25, 0.3) is 0 Å². The van der Waals surface area contributed by atoms with Crippen LogP contribution in [0.15, 0.2) is 30.7 Å². The molecule has 1 aromatic heterocycles.